The van der Waals surface area contributed by atoms with E-state index in [4.69, 9.17) is 10.5 Å². The van der Waals surface area contributed by atoms with Gasteiger partial charge in [0.15, 0.2) is 0 Å². The number of anilines is 1. The molecule has 0 spiro atoms. The van der Waals surface area contributed by atoms with Gasteiger partial charge in [0.2, 0.25) is 5.88 Å². The average Bonchev–Trinajstić information content (AvgIpc) is 1.98. The van der Waals surface area contributed by atoms with E-state index in [1.807, 2.05) is 0 Å². The third kappa shape index (κ3) is 1.70. The Morgan fingerprint density at radius 2 is 2.55 bits per heavy atom. The highest BCUT2D eigenvalue weighted by Gasteiger charge is 1.98. The molecule has 1 heterocycles. The molecule has 1 aromatic rings. The minimum Gasteiger partial charge on any atom is -0.478 e. The summed E-state index contributed by atoms with van der Waals surface area (Å²) in [6, 6.07) is 0. The second-order valence-electron chi connectivity index (χ2n) is 1.91. The lowest BCUT2D eigenvalue weighted by atomic mass is 10.5. The Bertz CT molecular complexity index is 294. The minimum absolute atomic E-state index is 0.285. The van der Waals surface area contributed by atoms with E-state index in [1.165, 1.54) is 6.20 Å². The molecule has 0 aromatic carbocycles. The molecular formula is C6H9N3O2. The first-order valence-electron chi connectivity index (χ1n) is 3.21. The summed E-state index contributed by atoms with van der Waals surface area (Å²) >= 11 is 0. The summed E-state index contributed by atoms with van der Waals surface area (Å²) in [5, 5.41) is 0. The molecule has 60 valence electrons. The molecule has 5 nitrogen and oxygen atoms in total. The number of nitrogens with zero attached hydrogens (tertiary/aromatic N) is 1. The molecule has 0 amide bonds. The first-order valence-corrected chi connectivity index (χ1v) is 3.21. The van der Waals surface area contributed by atoms with Gasteiger partial charge in [0.05, 0.1) is 12.8 Å². The molecule has 0 radical (unpaired) electrons. The molecule has 3 N–H and O–H groups in total. The lowest BCUT2D eigenvalue weighted by Crippen LogP contribution is -2.13. The van der Waals surface area contributed by atoms with Crippen LogP contribution >= 0.6 is 0 Å². The van der Waals surface area contributed by atoms with Crippen LogP contribution in [0.4, 0.5) is 5.69 Å². The van der Waals surface area contributed by atoms with Gasteiger partial charge in [-0.2, -0.15) is 4.98 Å². The van der Waals surface area contributed by atoms with Crippen LogP contribution in [0.15, 0.2) is 11.0 Å². The summed E-state index contributed by atoms with van der Waals surface area (Å²) in [5.74, 6) is 0.285. The van der Waals surface area contributed by atoms with Gasteiger partial charge in [0.25, 0.3) is 0 Å². The van der Waals surface area contributed by atoms with Gasteiger partial charge in [-0.15, -0.1) is 0 Å². The van der Waals surface area contributed by atoms with Gasteiger partial charge in [0, 0.05) is 0 Å². The topological polar surface area (TPSA) is 81.0 Å². The van der Waals surface area contributed by atoms with Gasteiger partial charge < -0.3 is 10.5 Å². The Balaban J connectivity index is 3.02. The highest BCUT2D eigenvalue weighted by atomic mass is 16.5. The zero-order valence-corrected chi connectivity index (χ0v) is 6.13. The average molecular weight is 155 g/mol. The van der Waals surface area contributed by atoms with Crippen LogP contribution in [0, 0.1) is 0 Å². The molecule has 0 fully saturated rings. The fourth-order valence-corrected chi connectivity index (χ4v) is 0.652. The molecule has 11 heavy (non-hydrogen) atoms. The summed E-state index contributed by atoms with van der Waals surface area (Å²) in [7, 11) is 0. The lowest BCUT2D eigenvalue weighted by molar-refractivity contribution is 0.327. The Kier molecular flexibility index (Phi) is 2.10. The van der Waals surface area contributed by atoms with E-state index in [2.05, 4.69) is 9.97 Å². The predicted octanol–water partition coefficient (Wildman–Crippen LogP) is -0.249. The first kappa shape index (κ1) is 7.59. The van der Waals surface area contributed by atoms with E-state index in [0.29, 0.717) is 12.3 Å². The van der Waals surface area contributed by atoms with Crippen molar-refractivity contribution in [3.05, 3.63) is 16.7 Å². The third-order valence-electron chi connectivity index (χ3n) is 1.09. The van der Waals surface area contributed by atoms with E-state index >= 15 is 0 Å². The van der Waals surface area contributed by atoms with Gasteiger partial charge in [0.1, 0.15) is 5.69 Å². The number of aromatic amines is 1. The molecule has 0 unspecified atom stereocenters. The Hall–Kier alpha value is -1.52. The fourth-order valence-electron chi connectivity index (χ4n) is 0.652. The van der Waals surface area contributed by atoms with Crippen LogP contribution < -0.4 is 16.2 Å². The number of nitrogens with one attached hydrogen (secondary N) is 1. The highest BCUT2D eigenvalue weighted by molar-refractivity contribution is 5.44. The second kappa shape index (κ2) is 3.05. The predicted molar refractivity (Wildman–Crippen MR) is 40.4 cm³/mol. The van der Waals surface area contributed by atoms with Crippen LogP contribution in [0.5, 0.6) is 5.88 Å². The van der Waals surface area contributed by atoms with Crippen LogP contribution in [-0.4, -0.2) is 16.6 Å². The number of rotatable bonds is 2. The van der Waals surface area contributed by atoms with Crippen LogP contribution in [-0.2, 0) is 0 Å². The van der Waals surface area contributed by atoms with E-state index < -0.39 is 5.69 Å². The van der Waals surface area contributed by atoms with Gasteiger partial charge >= 0.3 is 5.69 Å². The van der Waals surface area contributed by atoms with Crippen LogP contribution in [0.3, 0.4) is 0 Å². The molecule has 1 aromatic heterocycles. The van der Waals surface area contributed by atoms with E-state index in [9.17, 15) is 4.79 Å². The summed E-state index contributed by atoms with van der Waals surface area (Å²) in [6.45, 7) is 2.27. The zero-order valence-electron chi connectivity index (χ0n) is 6.13. The summed E-state index contributed by atoms with van der Waals surface area (Å²) < 4.78 is 5.00. The van der Waals surface area contributed by atoms with E-state index in [-0.39, 0.29) is 5.88 Å². The normalized spacial score (nSPS) is 9.55. The van der Waals surface area contributed by atoms with E-state index in [0.717, 1.165) is 0 Å². The summed E-state index contributed by atoms with van der Waals surface area (Å²) in [5.41, 5.74) is 5.30. The molecule has 0 aliphatic carbocycles. The number of nitrogens with two attached hydrogens (primary N) is 1. The van der Waals surface area contributed by atoms with Crippen LogP contribution in [0.25, 0.3) is 0 Å². The van der Waals surface area contributed by atoms with E-state index in [1.54, 1.807) is 6.92 Å². The van der Waals surface area contributed by atoms with Crippen molar-refractivity contribution in [1.29, 1.82) is 0 Å². The number of hydrogen-bond acceptors (Lipinski definition) is 4. The molecular weight excluding hydrogens is 146 g/mol. The molecule has 0 aliphatic rings. The Labute approximate surface area is 63.2 Å². The van der Waals surface area contributed by atoms with Crippen molar-refractivity contribution >= 4 is 5.69 Å². The van der Waals surface area contributed by atoms with Crippen molar-refractivity contribution in [2.24, 2.45) is 0 Å². The minimum atomic E-state index is -0.456. The number of H-pyrrole nitrogens is 1. The summed E-state index contributed by atoms with van der Waals surface area (Å²) in [6.07, 6.45) is 1.27. The Morgan fingerprint density at radius 3 is 3.18 bits per heavy atom. The smallest absolute Gasteiger partial charge is 0.347 e. The number of ether oxygens (including phenoxy) is 1. The maximum Gasteiger partial charge on any atom is 0.347 e. The van der Waals surface area contributed by atoms with Crippen molar-refractivity contribution in [2.75, 3.05) is 12.3 Å². The monoisotopic (exact) mass is 155 g/mol. The number of aromatic nitrogens is 2. The van der Waals surface area contributed by atoms with Gasteiger partial charge in [-0.3, -0.25) is 4.98 Å². The Morgan fingerprint density at radius 1 is 1.82 bits per heavy atom. The fraction of sp³-hybridized carbons (Fsp3) is 0.333. The first-order chi connectivity index (χ1) is 5.24. The van der Waals surface area contributed by atoms with Crippen molar-refractivity contribution < 1.29 is 4.74 Å². The third-order valence-corrected chi connectivity index (χ3v) is 1.09. The molecule has 0 saturated heterocycles. The van der Waals surface area contributed by atoms with Gasteiger partial charge in [-0.05, 0) is 6.92 Å². The van der Waals surface area contributed by atoms with Gasteiger partial charge in [-0.25, -0.2) is 4.79 Å². The maximum atomic E-state index is 10.6. The molecule has 0 aliphatic heterocycles. The largest absolute Gasteiger partial charge is 0.478 e. The maximum absolute atomic E-state index is 10.6. The van der Waals surface area contributed by atoms with Crippen molar-refractivity contribution in [3.8, 4) is 5.88 Å². The molecule has 0 saturated carbocycles. The molecule has 0 atom stereocenters. The van der Waals surface area contributed by atoms with Crippen molar-refractivity contribution in [2.45, 2.75) is 6.92 Å². The molecule has 1 rings (SSSR count). The van der Waals surface area contributed by atoms with Crippen molar-refractivity contribution in [1.82, 2.24) is 9.97 Å². The van der Waals surface area contributed by atoms with Crippen LogP contribution in [0.2, 0.25) is 0 Å². The highest BCUT2D eigenvalue weighted by Crippen LogP contribution is 2.12. The van der Waals surface area contributed by atoms with Gasteiger partial charge in [-0.1, -0.05) is 0 Å². The summed E-state index contributed by atoms with van der Waals surface area (Å²) in [4.78, 5) is 16.4. The quantitative estimate of drug-likeness (QED) is 0.617. The van der Waals surface area contributed by atoms with Crippen molar-refractivity contribution in [3.63, 3.8) is 0 Å². The lowest BCUT2D eigenvalue weighted by Gasteiger charge is -2.03. The number of nitrogen functional groups attached to an aromatic ring is 1. The molecule has 5 heteroatoms. The van der Waals surface area contributed by atoms with Crippen LogP contribution in [0.1, 0.15) is 6.92 Å². The standard InChI is InChI=1S/C6H9N3O2/c1-2-11-5-4(7)3-8-6(10)9-5/h3H,2,7H2,1H3,(H,8,9,10). The second-order valence-corrected chi connectivity index (χ2v) is 1.91. The number of hydrogen-bond donors (Lipinski definition) is 2. The zero-order chi connectivity index (χ0) is 8.27. The SMILES string of the molecule is CCOc1[nH]c(=O)ncc1N. The molecule has 0 bridgehead atoms.